The van der Waals surface area contributed by atoms with Gasteiger partial charge in [0.2, 0.25) is 5.91 Å². The van der Waals surface area contributed by atoms with Gasteiger partial charge >= 0.3 is 0 Å². The molecule has 0 aromatic carbocycles. The molecule has 1 saturated heterocycles. The highest BCUT2D eigenvalue weighted by molar-refractivity contribution is 5.74. The molecule has 0 radical (unpaired) electrons. The zero-order valence-corrected chi connectivity index (χ0v) is 14.5. The van der Waals surface area contributed by atoms with Crippen LogP contribution in [-0.4, -0.2) is 56.9 Å². The number of nitrogens with two attached hydrogens (primary N) is 1. The quantitative estimate of drug-likeness (QED) is 0.664. The second kappa shape index (κ2) is 19.4. The van der Waals surface area contributed by atoms with Crippen LogP contribution >= 0.6 is 0 Å². The first-order valence-electron chi connectivity index (χ1n) is 8.45. The molecule has 1 rings (SSSR count). The van der Waals surface area contributed by atoms with Crippen molar-refractivity contribution in [2.45, 2.75) is 53.4 Å². The zero-order valence-electron chi connectivity index (χ0n) is 14.5. The van der Waals surface area contributed by atoms with Crippen LogP contribution in [0.1, 0.15) is 53.4 Å². The van der Waals surface area contributed by atoms with Gasteiger partial charge in [0, 0.05) is 19.8 Å². The van der Waals surface area contributed by atoms with E-state index in [0.717, 1.165) is 19.6 Å². The molecule has 0 unspecified atom stereocenters. The highest BCUT2D eigenvalue weighted by Gasteiger charge is 2.08. The van der Waals surface area contributed by atoms with Gasteiger partial charge in [0.1, 0.15) is 6.61 Å². The van der Waals surface area contributed by atoms with E-state index in [9.17, 15) is 4.79 Å². The first-order chi connectivity index (χ1) is 10.3. The highest BCUT2D eigenvalue weighted by Crippen LogP contribution is 2.07. The average Bonchev–Trinajstić information content (AvgIpc) is 2.54. The van der Waals surface area contributed by atoms with Crippen molar-refractivity contribution in [3.05, 3.63) is 0 Å². The van der Waals surface area contributed by atoms with Crippen LogP contribution in [0.4, 0.5) is 0 Å². The fourth-order valence-electron chi connectivity index (χ4n) is 1.91. The van der Waals surface area contributed by atoms with Gasteiger partial charge in [-0.15, -0.1) is 0 Å². The molecule has 0 aromatic rings. The Morgan fingerprint density at radius 2 is 1.52 bits per heavy atom. The second-order valence-corrected chi connectivity index (χ2v) is 4.39. The number of rotatable bonds is 9. The van der Waals surface area contributed by atoms with Crippen molar-refractivity contribution in [1.82, 2.24) is 4.90 Å². The summed E-state index contributed by atoms with van der Waals surface area (Å²) >= 11 is 0. The average molecular weight is 304 g/mol. The van der Waals surface area contributed by atoms with Crippen LogP contribution in [0.15, 0.2) is 0 Å². The second-order valence-electron chi connectivity index (χ2n) is 4.39. The number of ether oxygens (including phenoxy) is 2. The van der Waals surface area contributed by atoms with Gasteiger partial charge in [0.05, 0.1) is 6.61 Å². The van der Waals surface area contributed by atoms with Gasteiger partial charge < -0.3 is 20.1 Å². The summed E-state index contributed by atoms with van der Waals surface area (Å²) in [4.78, 5) is 12.8. The molecule has 128 valence electrons. The van der Waals surface area contributed by atoms with Crippen molar-refractivity contribution in [2.75, 3.05) is 46.1 Å². The number of amides is 1. The minimum atomic E-state index is -0.420. The first-order valence-corrected chi connectivity index (χ1v) is 8.45. The molecule has 0 spiro atoms. The van der Waals surface area contributed by atoms with E-state index in [1.165, 1.54) is 32.4 Å². The van der Waals surface area contributed by atoms with Crippen molar-refractivity contribution in [3.8, 4) is 0 Å². The van der Waals surface area contributed by atoms with E-state index in [1.807, 2.05) is 27.7 Å². The first kappa shape index (κ1) is 22.6. The molecule has 0 atom stereocenters. The third-order valence-electron chi connectivity index (χ3n) is 2.82. The van der Waals surface area contributed by atoms with E-state index < -0.39 is 5.91 Å². The SMILES string of the molecule is CC.CC.NC(=O)COCCCOCCN1CCCCC1. The van der Waals surface area contributed by atoms with Crippen LogP contribution in [0.25, 0.3) is 0 Å². The monoisotopic (exact) mass is 304 g/mol. The lowest BCUT2D eigenvalue weighted by molar-refractivity contribution is -0.122. The van der Waals surface area contributed by atoms with Crippen LogP contribution in [0.5, 0.6) is 0 Å². The Bertz CT molecular complexity index is 208. The molecule has 5 heteroatoms. The molecule has 5 nitrogen and oxygen atoms in total. The summed E-state index contributed by atoms with van der Waals surface area (Å²) in [7, 11) is 0. The molecule has 21 heavy (non-hydrogen) atoms. The van der Waals surface area contributed by atoms with Gasteiger partial charge in [0.25, 0.3) is 0 Å². The zero-order chi connectivity index (χ0) is 16.3. The Hall–Kier alpha value is -0.650. The van der Waals surface area contributed by atoms with E-state index >= 15 is 0 Å². The number of likely N-dealkylation sites (tertiary alicyclic amines) is 1. The van der Waals surface area contributed by atoms with Crippen LogP contribution < -0.4 is 5.73 Å². The van der Waals surface area contributed by atoms with Gasteiger partial charge in [-0.05, 0) is 32.4 Å². The molecule has 0 aliphatic carbocycles. The molecule has 2 N–H and O–H groups in total. The van der Waals surface area contributed by atoms with Gasteiger partial charge in [0.15, 0.2) is 0 Å². The molecule has 1 aliphatic rings. The molecular formula is C16H36N2O3. The van der Waals surface area contributed by atoms with Crippen molar-refractivity contribution in [2.24, 2.45) is 5.73 Å². The maximum absolute atomic E-state index is 10.4. The summed E-state index contributed by atoms with van der Waals surface area (Å²) in [6.45, 7) is 13.5. The number of primary amides is 1. The lowest BCUT2D eigenvalue weighted by Crippen LogP contribution is -2.32. The van der Waals surface area contributed by atoms with Crippen molar-refractivity contribution >= 4 is 5.91 Å². The van der Waals surface area contributed by atoms with Crippen molar-refractivity contribution in [3.63, 3.8) is 0 Å². The maximum Gasteiger partial charge on any atom is 0.243 e. The molecule has 0 saturated carbocycles. The van der Waals surface area contributed by atoms with Crippen LogP contribution in [0.2, 0.25) is 0 Å². The summed E-state index contributed by atoms with van der Waals surface area (Å²) in [5.74, 6) is -0.420. The topological polar surface area (TPSA) is 64.8 Å². The Morgan fingerprint density at radius 1 is 0.952 bits per heavy atom. The number of hydrogen-bond donors (Lipinski definition) is 1. The number of nitrogens with zero attached hydrogens (tertiary/aromatic N) is 1. The van der Waals surface area contributed by atoms with Gasteiger partial charge in [-0.25, -0.2) is 0 Å². The largest absolute Gasteiger partial charge is 0.380 e. The minimum Gasteiger partial charge on any atom is -0.380 e. The fraction of sp³-hybridized carbons (Fsp3) is 0.938. The predicted octanol–water partition coefficient (Wildman–Crippen LogP) is 2.43. The predicted molar refractivity (Wildman–Crippen MR) is 88.4 cm³/mol. The van der Waals surface area contributed by atoms with Gasteiger partial charge in [-0.1, -0.05) is 34.1 Å². The summed E-state index contributed by atoms with van der Waals surface area (Å²) in [5, 5.41) is 0. The lowest BCUT2D eigenvalue weighted by Gasteiger charge is -2.26. The van der Waals surface area contributed by atoms with Crippen LogP contribution in [0.3, 0.4) is 0 Å². The Morgan fingerprint density at radius 3 is 2.10 bits per heavy atom. The number of carbonyl (C=O) groups is 1. The fourth-order valence-corrected chi connectivity index (χ4v) is 1.91. The summed E-state index contributed by atoms with van der Waals surface area (Å²) in [6, 6.07) is 0. The smallest absolute Gasteiger partial charge is 0.243 e. The molecule has 1 aliphatic heterocycles. The highest BCUT2D eigenvalue weighted by atomic mass is 16.5. The molecule has 1 fully saturated rings. The third-order valence-corrected chi connectivity index (χ3v) is 2.82. The molecule has 1 heterocycles. The van der Waals surface area contributed by atoms with E-state index in [0.29, 0.717) is 13.2 Å². The van der Waals surface area contributed by atoms with Crippen LogP contribution in [-0.2, 0) is 14.3 Å². The van der Waals surface area contributed by atoms with Crippen LogP contribution in [0, 0.1) is 0 Å². The number of carbonyl (C=O) groups excluding carboxylic acids is 1. The Labute approximate surface area is 131 Å². The third kappa shape index (κ3) is 17.3. The molecule has 1 amide bonds. The normalized spacial score (nSPS) is 14.5. The molecule has 0 bridgehead atoms. The number of piperidine rings is 1. The molecular weight excluding hydrogens is 268 g/mol. The lowest BCUT2D eigenvalue weighted by atomic mass is 10.1. The standard InChI is InChI=1S/C12H24N2O3.2C2H6/c13-12(15)11-17-9-4-8-16-10-7-14-5-2-1-3-6-14;2*1-2/h1-11H2,(H2,13,15);2*1-2H3. The van der Waals surface area contributed by atoms with E-state index in [4.69, 9.17) is 15.2 Å². The minimum absolute atomic E-state index is 0.00772. The summed E-state index contributed by atoms with van der Waals surface area (Å²) < 4.78 is 10.5. The Balaban J connectivity index is 0. The van der Waals surface area contributed by atoms with E-state index in [1.54, 1.807) is 0 Å². The molecule has 0 aromatic heterocycles. The number of hydrogen-bond acceptors (Lipinski definition) is 4. The Kier molecular flexibility index (Phi) is 20.9. The van der Waals surface area contributed by atoms with E-state index in [2.05, 4.69) is 4.90 Å². The summed E-state index contributed by atoms with van der Waals surface area (Å²) in [6.07, 6.45) is 4.82. The summed E-state index contributed by atoms with van der Waals surface area (Å²) in [5.41, 5.74) is 4.94. The van der Waals surface area contributed by atoms with Gasteiger partial charge in [-0.2, -0.15) is 0 Å². The maximum atomic E-state index is 10.4. The van der Waals surface area contributed by atoms with Crippen molar-refractivity contribution in [1.29, 1.82) is 0 Å². The van der Waals surface area contributed by atoms with E-state index in [-0.39, 0.29) is 6.61 Å². The van der Waals surface area contributed by atoms with Gasteiger partial charge in [-0.3, -0.25) is 4.79 Å². The van der Waals surface area contributed by atoms with Crippen molar-refractivity contribution < 1.29 is 14.3 Å².